The van der Waals surface area contributed by atoms with E-state index < -0.39 is 6.04 Å². The number of aromatic amines is 1. The molecule has 0 amide bonds. The van der Waals surface area contributed by atoms with Gasteiger partial charge in [0, 0.05) is 30.1 Å². The van der Waals surface area contributed by atoms with Crippen LogP contribution in [0, 0.1) is 0 Å². The smallest absolute Gasteiger partial charge is 0.253 e. The lowest BCUT2D eigenvalue weighted by molar-refractivity contribution is 0.0651. The number of ether oxygens (including phenoxy) is 2. The molecule has 2 aliphatic rings. The number of aliphatic hydroxyl groups excluding tert-OH is 1. The molecule has 1 atom stereocenters. The topological polar surface area (TPSA) is 118 Å². The predicted octanol–water partition coefficient (Wildman–Crippen LogP) is 2.58. The molecule has 10 nitrogen and oxygen atoms in total. The summed E-state index contributed by atoms with van der Waals surface area (Å²) >= 11 is 0. The summed E-state index contributed by atoms with van der Waals surface area (Å²) in [6, 6.07) is 5.38. The highest BCUT2D eigenvalue weighted by atomic mass is 16.5. The number of aliphatic hydroxyl groups is 1. The van der Waals surface area contributed by atoms with Gasteiger partial charge in [-0.15, -0.1) is 5.10 Å². The zero-order chi connectivity index (χ0) is 23.7. The normalized spacial score (nSPS) is 19.4. The Bertz CT molecular complexity index is 1190. The molecule has 3 heterocycles. The first-order chi connectivity index (χ1) is 16.6. The van der Waals surface area contributed by atoms with Crippen molar-refractivity contribution in [1.29, 1.82) is 0 Å². The van der Waals surface area contributed by atoms with Crippen LogP contribution in [0.25, 0.3) is 10.9 Å². The fourth-order valence-electron chi connectivity index (χ4n) is 5.36. The van der Waals surface area contributed by atoms with Gasteiger partial charge in [0.1, 0.15) is 6.04 Å². The summed E-state index contributed by atoms with van der Waals surface area (Å²) < 4.78 is 12.8. The molecule has 182 valence electrons. The number of hydrogen-bond acceptors (Lipinski definition) is 8. The van der Waals surface area contributed by atoms with Gasteiger partial charge in [0.15, 0.2) is 17.3 Å². The lowest BCUT2D eigenvalue weighted by atomic mass is 9.94. The van der Waals surface area contributed by atoms with Gasteiger partial charge in [-0.3, -0.25) is 9.69 Å². The van der Waals surface area contributed by atoms with Crippen LogP contribution in [0.1, 0.15) is 68.4 Å². The lowest BCUT2D eigenvalue weighted by Gasteiger charge is -2.36. The number of nitrogens with one attached hydrogen (secondary N) is 1. The molecule has 2 N–H and O–H groups in total. The van der Waals surface area contributed by atoms with Gasteiger partial charge in [-0.2, -0.15) is 0 Å². The van der Waals surface area contributed by atoms with E-state index in [-0.39, 0.29) is 17.7 Å². The van der Waals surface area contributed by atoms with Crippen LogP contribution in [-0.2, 0) is 0 Å². The van der Waals surface area contributed by atoms with Gasteiger partial charge in [-0.25, -0.2) is 4.68 Å². The van der Waals surface area contributed by atoms with Crippen LogP contribution in [0.5, 0.6) is 11.5 Å². The van der Waals surface area contributed by atoms with E-state index in [0.29, 0.717) is 54.3 Å². The molecule has 2 fully saturated rings. The second kappa shape index (κ2) is 9.71. The molecular weight excluding hydrogens is 436 g/mol. The number of nitrogens with zero attached hydrogens (tertiary/aromatic N) is 5. The molecule has 5 rings (SSSR count). The second-order valence-electron chi connectivity index (χ2n) is 9.29. The summed E-state index contributed by atoms with van der Waals surface area (Å²) in [6.07, 6.45) is 6.60. The van der Waals surface area contributed by atoms with Crippen LogP contribution in [0.15, 0.2) is 23.0 Å². The first-order valence-electron chi connectivity index (χ1n) is 12.1. The summed E-state index contributed by atoms with van der Waals surface area (Å²) in [5, 5.41) is 23.8. The largest absolute Gasteiger partial charge is 0.493 e. The average molecular weight is 469 g/mol. The van der Waals surface area contributed by atoms with Gasteiger partial charge in [0.05, 0.1) is 31.9 Å². The molecule has 34 heavy (non-hydrogen) atoms. The van der Waals surface area contributed by atoms with Crippen LogP contribution >= 0.6 is 0 Å². The van der Waals surface area contributed by atoms with Crippen molar-refractivity contribution in [3.63, 3.8) is 0 Å². The number of rotatable bonds is 6. The van der Waals surface area contributed by atoms with Gasteiger partial charge < -0.3 is 19.6 Å². The minimum absolute atomic E-state index is 0.186. The van der Waals surface area contributed by atoms with Crippen LogP contribution in [-0.4, -0.2) is 68.6 Å². The minimum atomic E-state index is -0.411. The van der Waals surface area contributed by atoms with E-state index in [1.54, 1.807) is 20.3 Å². The van der Waals surface area contributed by atoms with Crippen molar-refractivity contribution < 1.29 is 14.6 Å². The van der Waals surface area contributed by atoms with Gasteiger partial charge in [0.2, 0.25) is 0 Å². The Balaban J connectivity index is 1.63. The third kappa shape index (κ3) is 4.27. The molecule has 0 radical (unpaired) electrons. The summed E-state index contributed by atoms with van der Waals surface area (Å²) in [5.74, 6) is 1.84. The maximum absolute atomic E-state index is 13.4. The van der Waals surface area contributed by atoms with E-state index in [9.17, 15) is 9.90 Å². The van der Waals surface area contributed by atoms with Crippen molar-refractivity contribution in [1.82, 2.24) is 30.1 Å². The van der Waals surface area contributed by atoms with Gasteiger partial charge in [-0.05, 0) is 48.2 Å². The third-order valence-corrected chi connectivity index (χ3v) is 7.22. The number of pyridine rings is 1. The molecule has 1 saturated carbocycles. The summed E-state index contributed by atoms with van der Waals surface area (Å²) in [5.41, 5.74) is 1.07. The predicted molar refractivity (Wildman–Crippen MR) is 126 cm³/mol. The Kier molecular flexibility index (Phi) is 6.51. The first-order valence-corrected chi connectivity index (χ1v) is 12.1. The quantitative estimate of drug-likeness (QED) is 0.567. The number of fused-ring (bicyclic) bond motifs is 1. The van der Waals surface area contributed by atoms with Crippen molar-refractivity contribution in [2.24, 2.45) is 0 Å². The monoisotopic (exact) mass is 468 g/mol. The standard InChI is InChI=1S/C24H32N6O4/c1-33-20-13-15-12-18(24(32)25-19(15)14-21(20)34-2)22(29-10-8-17(31)9-11-29)23-26-27-28-30(23)16-6-4-3-5-7-16/h12-14,16-17,22,31H,3-11H2,1-2H3,(H,25,32)/t22-/m0/s1. The molecule has 0 spiro atoms. The molecule has 1 aromatic carbocycles. The molecule has 3 aromatic rings. The van der Waals surface area contributed by atoms with Gasteiger partial charge in [-0.1, -0.05) is 19.3 Å². The SMILES string of the molecule is COc1cc2cc([C@@H](c3nnnn3C3CCCCC3)N3CCC(O)CC3)c(=O)[nH]c2cc1OC. The number of methoxy groups -OCH3 is 2. The lowest BCUT2D eigenvalue weighted by Crippen LogP contribution is -2.42. The van der Waals surface area contributed by atoms with Crippen LogP contribution < -0.4 is 15.0 Å². The van der Waals surface area contributed by atoms with Crippen LogP contribution in [0.3, 0.4) is 0 Å². The summed E-state index contributed by atoms with van der Waals surface area (Å²) in [4.78, 5) is 18.7. The molecular formula is C24H32N6O4. The number of piperidine rings is 1. The molecule has 0 unspecified atom stereocenters. The van der Waals surface area contributed by atoms with Crippen molar-refractivity contribution in [3.05, 3.63) is 39.9 Å². The Morgan fingerprint density at radius 1 is 1.03 bits per heavy atom. The molecule has 1 aliphatic heterocycles. The number of H-pyrrole nitrogens is 1. The fraction of sp³-hybridized carbons (Fsp3) is 0.583. The second-order valence-corrected chi connectivity index (χ2v) is 9.29. The Morgan fingerprint density at radius 3 is 2.44 bits per heavy atom. The zero-order valence-electron chi connectivity index (χ0n) is 19.7. The summed E-state index contributed by atoms with van der Waals surface area (Å²) in [6.45, 7) is 1.32. The molecule has 1 saturated heterocycles. The maximum Gasteiger partial charge on any atom is 0.253 e. The highest BCUT2D eigenvalue weighted by molar-refractivity contribution is 5.83. The van der Waals surface area contributed by atoms with Crippen molar-refractivity contribution in [2.75, 3.05) is 27.3 Å². The van der Waals surface area contributed by atoms with E-state index in [2.05, 4.69) is 25.4 Å². The van der Waals surface area contributed by atoms with E-state index in [1.807, 2.05) is 16.8 Å². The molecule has 0 bridgehead atoms. The summed E-state index contributed by atoms with van der Waals surface area (Å²) in [7, 11) is 3.17. The van der Waals surface area contributed by atoms with Crippen molar-refractivity contribution in [2.45, 2.75) is 63.1 Å². The van der Waals surface area contributed by atoms with Crippen LogP contribution in [0.2, 0.25) is 0 Å². The average Bonchev–Trinajstić information content (AvgIpc) is 3.35. The minimum Gasteiger partial charge on any atom is -0.493 e. The van der Waals surface area contributed by atoms with Crippen LogP contribution in [0.4, 0.5) is 0 Å². The van der Waals surface area contributed by atoms with E-state index in [0.717, 1.165) is 31.1 Å². The molecule has 10 heteroatoms. The van der Waals surface area contributed by atoms with Crippen molar-refractivity contribution in [3.8, 4) is 11.5 Å². The van der Waals surface area contributed by atoms with E-state index >= 15 is 0 Å². The fourth-order valence-corrected chi connectivity index (χ4v) is 5.36. The van der Waals surface area contributed by atoms with Gasteiger partial charge >= 0.3 is 0 Å². The van der Waals surface area contributed by atoms with E-state index in [1.165, 1.54) is 6.42 Å². The molecule has 1 aliphatic carbocycles. The Labute approximate surface area is 197 Å². The third-order valence-electron chi connectivity index (χ3n) is 7.22. The number of hydrogen-bond donors (Lipinski definition) is 2. The molecule has 2 aromatic heterocycles. The van der Waals surface area contributed by atoms with Gasteiger partial charge in [0.25, 0.3) is 5.56 Å². The Morgan fingerprint density at radius 2 is 1.74 bits per heavy atom. The number of tetrazole rings is 1. The zero-order valence-corrected chi connectivity index (χ0v) is 19.7. The first kappa shape index (κ1) is 22.8. The van der Waals surface area contributed by atoms with E-state index in [4.69, 9.17) is 9.47 Å². The maximum atomic E-state index is 13.4. The number of aromatic nitrogens is 5. The number of benzene rings is 1. The number of likely N-dealkylation sites (tertiary alicyclic amines) is 1. The highest BCUT2D eigenvalue weighted by Gasteiger charge is 2.34. The van der Waals surface area contributed by atoms with Crippen molar-refractivity contribution >= 4 is 10.9 Å². The highest BCUT2D eigenvalue weighted by Crippen LogP contribution is 2.36. The Hall–Kier alpha value is -2.98.